The lowest BCUT2D eigenvalue weighted by Crippen LogP contribution is -2.06. The predicted octanol–water partition coefficient (Wildman–Crippen LogP) is 4.57. The summed E-state index contributed by atoms with van der Waals surface area (Å²) in [5.41, 5.74) is 3.59. The summed E-state index contributed by atoms with van der Waals surface area (Å²) in [6.07, 6.45) is 1.06. The van der Waals surface area contributed by atoms with Crippen LogP contribution in [-0.2, 0) is 4.74 Å². The van der Waals surface area contributed by atoms with Crippen molar-refractivity contribution in [2.24, 2.45) is 0 Å². The molecule has 0 amide bonds. The number of benzene rings is 1. The monoisotopic (exact) mass is 328 g/mol. The molecule has 1 atom stereocenters. The van der Waals surface area contributed by atoms with E-state index in [0.29, 0.717) is 12.2 Å². The second-order valence-electron chi connectivity index (χ2n) is 5.59. The van der Waals surface area contributed by atoms with Crippen LogP contribution < -0.4 is 4.74 Å². The van der Waals surface area contributed by atoms with Crippen molar-refractivity contribution in [3.8, 4) is 5.88 Å². The molecule has 2 N–H and O–H groups in total. The number of hydrogen-bond acceptors (Lipinski definition) is 4. The van der Waals surface area contributed by atoms with E-state index in [-0.39, 0.29) is 12.0 Å². The second-order valence-corrected chi connectivity index (χ2v) is 5.59. The van der Waals surface area contributed by atoms with Crippen molar-refractivity contribution >= 4 is 28.0 Å². The van der Waals surface area contributed by atoms with E-state index in [1.165, 1.54) is 0 Å². The molecule has 3 rings (SSSR count). The third-order valence-corrected chi connectivity index (χ3v) is 4.16. The molecule has 1 unspecified atom stereocenters. The zero-order valence-corrected chi connectivity index (χ0v) is 13.9. The highest BCUT2D eigenvalue weighted by Gasteiger charge is 2.19. The summed E-state index contributed by atoms with van der Waals surface area (Å²) >= 11 is 0. The number of ether oxygens (including phenoxy) is 2. The van der Waals surface area contributed by atoms with Crippen LogP contribution in [0, 0.1) is 6.92 Å². The van der Waals surface area contributed by atoms with Crippen molar-refractivity contribution in [2.45, 2.75) is 33.3 Å². The molecule has 1 aromatic carbocycles. The lowest BCUT2D eigenvalue weighted by atomic mass is 9.99. The molecule has 0 saturated heterocycles. The van der Waals surface area contributed by atoms with Gasteiger partial charge in [-0.05, 0) is 31.9 Å². The summed E-state index contributed by atoms with van der Waals surface area (Å²) < 4.78 is 10.7. The highest BCUT2D eigenvalue weighted by Crippen LogP contribution is 2.37. The van der Waals surface area contributed by atoms with E-state index in [0.717, 1.165) is 33.8 Å². The molecule has 0 spiro atoms. The van der Waals surface area contributed by atoms with Crippen molar-refractivity contribution in [2.75, 3.05) is 6.61 Å². The molecular weight excluding hydrogens is 308 g/mol. The van der Waals surface area contributed by atoms with Crippen LogP contribution in [0.25, 0.3) is 21.8 Å². The number of carboxylic acid groups (broad SMARTS) is 1. The fourth-order valence-electron chi connectivity index (χ4n) is 3.19. The number of aromatic amines is 1. The lowest BCUT2D eigenvalue weighted by molar-refractivity contribution is 0.0609. The smallest absolute Gasteiger partial charge is 0.449 e. The van der Waals surface area contributed by atoms with E-state index in [4.69, 9.17) is 14.6 Å². The number of carbonyl (C=O) groups is 1. The number of rotatable bonds is 5. The molecule has 2 heterocycles. The quantitative estimate of drug-likeness (QED) is 0.670. The minimum absolute atomic E-state index is 0.0193. The highest BCUT2D eigenvalue weighted by atomic mass is 16.7. The number of hydrogen-bond donors (Lipinski definition) is 2. The summed E-state index contributed by atoms with van der Waals surface area (Å²) in [6.45, 7) is 6.51. The molecule has 6 heteroatoms. The van der Waals surface area contributed by atoms with Crippen LogP contribution in [-0.4, -0.2) is 27.8 Å². The predicted molar refractivity (Wildman–Crippen MR) is 91.6 cm³/mol. The summed E-state index contributed by atoms with van der Waals surface area (Å²) in [4.78, 5) is 18.3. The first kappa shape index (κ1) is 16.3. The molecule has 0 bridgehead atoms. The van der Waals surface area contributed by atoms with Gasteiger partial charge >= 0.3 is 6.16 Å². The largest absolute Gasteiger partial charge is 0.512 e. The van der Waals surface area contributed by atoms with Crippen LogP contribution in [0.3, 0.4) is 0 Å². The van der Waals surface area contributed by atoms with Crippen LogP contribution in [0.4, 0.5) is 4.79 Å². The van der Waals surface area contributed by atoms with Crippen LogP contribution in [0.15, 0.2) is 24.4 Å². The number of nitrogens with zero attached hydrogens (tertiary/aromatic N) is 1. The average Bonchev–Trinajstić information content (AvgIpc) is 2.94. The Bertz CT molecular complexity index is 901. The standard InChI is InChI=1S/C18H20N2O4/c1-4-14(23-5-2)11-7-6-8-12-16(11)15-10(3)17(24-18(21)22)19-9-13(15)20-12/h6-9,14,20H,4-5H2,1-3H3,(H,21,22). The number of fused-ring (bicyclic) bond motifs is 3. The molecule has 0 fully saturated rings. The zero-order valence-electron chi connectivity index (χ0n) is 13.9. The fraction of sp³-hybridized carbons (Fsp3) is 0.333. The third kappa shape index (κ3) is 2.69. The van der Waals surface area contributed by atoms with Crippen LogP contribution in [0.2, 0.25) is 0 Å². The summed E-state index contributed by atoms with van der Waals surface area (Å²) in [5.74, 6) is 0.107. The van der Waals surface area contributed by atoms with E-state index in [1.54, 1.807) is 6.20 Å². The molecule has 126 valence electrons. The van der Waals surface area contributed by atoms with E-state index >= 15 is 0 Å². The van der Waals surface area contributed by atoms with Gasteiger partial charge in [0.1, 0.15) is 0 Å². The maximum absolute atomic E-state index is 10.9. The first-order valence-electron chi connectivity index (χ1n) is 7.99. The molecule has 6 nitrogen and oxygen atoms in total. The molecule has 24 heavy (non-hydrogen) atoms. The molecule has 2 aromatic heterocycles. The van der Waals surface area contributed by atoms with Gasteiger partial charge in [0.25, 0.3) is 0 Å². The van der Waals surface area contributed by atoms with Crippen LogP contribution in [0.5, 0.6) is 5.88 Å². The maximum atomic E-state index is 10.9. The zero-order chi connectivity index (χ0) is 17.3. The Morgan fingerprint density at radius 3 is 2.75 bits per heavy atom. The normalized spacial score (nSPS) is 12.6. The van der Waals surface area contributed by atoms with Gasteiger partial charge in [-0.15, -0.1) is 0 Å². The molecular formula is C18H20N2O4. The highest BCUT2D eigenvalue weighted by molar-refractivity contribution is 6.11. The Hall–Kier alpha value is -2.60. The Morgan fingerprint density at radius 1 is 1.29 bits per heavy atom. The molecule has 0 saturated carbocycles. The first-order valence-corrected chi connectivity index (χ1v) is 7.99. The second kappa shape index (κ2) is 6.49. The topological polar surface area (TPSA) is 84.4 Å². The summed E-state index contributed by atoms with van der Waals surface area (Å²) in [6, 6.07) is 6.04. The third-order valence-electron chi connectivity index (χ3n) is 4.16. The Kier molecular flexibility index (Phi) is 4.40. The lowest BCUT2D eigenvalue weighted by Gasteiger charge is -2.17. The van der Waals surface area contributed by atoms with E-state index in [9.17, 15) is 4.79 Å². The van der Waals surface area contributed by atoms with E-state index in [2.05, 4.69) is 23.0 Å². The van der Waals surface area contributed by atoms with Gasteiger partial charge in [-0.2, -0.15) is 0 Å². The number of nitrogens with one attached hydrogen (secondary N) is 1. The first-order chi connectivity index (χ1) is 11.6. The van der Waals surface area contributed by atoms with Crippen LogP contribution in [0.1, 0.15) is 37.5 Å². The Morgan fingerprint density at radius 2 is 2.08 bits per heavy atom. The number of H-pyrrole nitrogens is 1. The average molecular weight is 328 g/mol. The molecule has 0 aliphatic heterocycles. The summed E-state index contributed by atoms with van der Waals surface area (Å²) in [7, 11) is 0. The Balaban J connectivity index is 2.31. The van der Waals surface area contributed by atoms with Gasteiger partial charge in [-0.3, -0.25) is 0 Å². The number of aromatic nitrogens is 2. The van der Waals surface area contributed by atoms with Crippen molar-refractivity contribution < 1.29 is 19.4 Å². The summed E-state index contributed by atoms with van der Waals surface area (Å²) in [5, 5.41) is 10.8. The van der Waals surface area contributed by atoms with Gasteiger partial charge in [0.15, 0.2) is 0 Å². The molecule has 0 radical (unpaired) electrons. The van der Waals surface area contributed by atoms with Gasteiger partial charge in [0.2, 0.25) is 5.88 Å². The SMILES string of the molecule is CCOC(CC)c1cccc2[nH]c3cnc(OC(=O)O)c(C)c3c12. The van der Waals surface area contributed by atoms with Gasteiger partial charge in [0.05, 0.1) is 17.8 Å². The molecule has 0 aliphatic carbocycles. The van der Waals surface area contributed by atoms with Gasteiger partial charge in [-0.1, -0.05) is 19.1 Å². The van der Waals surface area contributed by atoms with E-state index < -0.39 is 6.16 Å². The van der Waals surface area contributed by atoms with Crippen molar-refractivity contribution in [3.63, 3.8) is 0 Å². The van der Waals surface area contributed by atoms with Crippen LogP contribution >= 0.6 is 0 Å². The van der Waals surface area contributed by atoms with Crippen molar-refractivity contribution in [3.05, 3.63) is 35.5 Å². The fourth-order valence-corrected chi connectivity index (χ4v) is 3.19. The minimum atomic E-state index is -1.37. The minimum Gasteiger partial charge on any atom is -0.449 e. The number of pyridine rings is 1. The van der Waals surface area contributed by atoms with Crippen molar-refractivity contribution in [1.29, 1.82) is 0 Å². The number of aryl methyl sites for hydroxylation is 1. The van der Waals surface area contributed by atoms with E-state index in [1.807, 2.05) is 26.0 Å². The van der Waals surface area contributed by atoms with Crippen molar-refractivity contribution in [1.82, 2.24) is 9.97 Å². The van der Waals surface area contributed by atoms with Gasteiger partial charge in [-0.25, -0.2) is 9.78 Å². The molecule has 0 aliphatic rings. The Labute approximate surface area is 139 Å². The van der Waals surface area contributed by atoms with Gasteiger partial charge < -0.3 is 19.6 Å². The molecule has 3 aromatic rings. The maximum Gasteiger partial charge on any atom is 0.512 e. The van der Waals surface area contributed by atoms with Gasteiger partial charge in [0, 0.05) is 28.5 Å².